The number of aliphatic hydroxyl groups is 2. The van der Waals surface area contributed by atoms with Crippen LogP contribution in [-0.2, 0) is 0 Å². The monoisotopic (exact) mass is 382 g/mol. The van der Waals surface area contributed by atoms with Crippen molar-refractivity contribution in [3.05, 3.63) is 103 Å². The van der Waals surface area contributed by atoms with Crippen molar-refractivity contribution in [1.82, 2.24) is 0 Å². The number of pyridine rings is 1. The molecule has 0 radical (unpaired) electrons. The predicted octanol–water partition coefficient (Wildman–Crippen LogP) is 4.85. The molecule has 1 unspecified atom stereocenters. The van der Waals surface area contributed by atoms with Crippen LogP contribution < -0.4 is 4.57 Å². The fourth-order valence-corrected chi connectivity index (χ4v) is 3.63. The first-order valence-electron chi connectivity index (χ1n) is 9.82. The smallest absolute Gasteiger partial charge is 0.263 e. The predicted molar refractivity (Wildman–Crippen MR) is 116 cm³/mol. The van der Waals surface area contributed by atoms with E-state index in [1.807, 2.05) is 83.4 Å². The van der Waals surface area contributed by atoms with E-state index in [0.717, 1.165) is 33.6 Å². The van der Waals surface area contributed by atoms with Crippen LogP contribution in [0, 0.1) is 0 Å². The third-order valence-corrected chi connectivity index (χ3v) is 5.04. The molecule has 4 rings (SSSR count). The van der Waals surface area contributed by atoms with Crippen LogP contribution in [-0.4, -0.2) is 16.8 Å². The van der Waals surface area contributed by atoms with Crippen molar-refractivity contribution in [2.45, 2.75) is 12.6 Å². The van der Waals surface area contributed by atoms with Crippen molar-refractivity contribution in [3.63, 3.8) is 0 Å². The van der Waals surface area contributed by atoms with Crippen LogP contribution in [0.1, 0.15) is 12.6 Å². The number of nitrogens with zero attached hydrogens (tertiary/aromatic N) is 1. The zero-order valence-electron chi connectivity index (χ0n) is 16.1. The summed E-state index contributed by atoms with van der Waals surface area (Å²) in [5.41, 5.74) is 6.04. The molecule has 0 aliphatic heterocycles. The summed E-state index contributed by atoms with van der Waals surface area (Å²) in [6.45, 7) is -0.0862. The lowest BCUT2D eigenvalue weighted by molar-refractivity contribution is -0.741. The molecule has 0 saturated carbocycles. The molecule has 0 bridgehead atoms. The quantitative estimate of drug-likeness (QED) is 0.468. The summed E-state index contributed by atoms with van der Waals surface area (Å²) >= 11 is 0. The van der Waals surface area contributed by atoms with Crippen molar-refractivity contribution >= 4 is 0 Å². The van der Waals surface area contributed by atoms with E-state index < -0.39 is 6.23 Å². The van der Waals surface area contributed by atoms with Crippen molar-refractivity contribution < 1.29 is 14.8 Å². The van der Waals surface area contributed by atoms with E-state index in [-0.39, 0.29) is 13.0 Å². The third-order valence-electron chi connectivity index (χ3n) is 5.04. The normalized spacial score (nSPS) is 11.9. The molecule has 1 heterocycles. The SMILES string of the molecule is OCCC(O)[n+]1c(-c2ccccc2)cc(-c2ccccc2)cc1-c1ccccc1. The van der Waals surface area contributed by atoms with E-state index in [9.17, 15) is 10.2 Å². The van der Waals surface area contributed by atoms with Gasteiger partial charge >= 0.3 is 0 Å². The molecule has 29 heavy (non-hydrogen) atoms. The Hall–Kier alpha value is -3.27. The number of aromatic nitrogens is 1. The van der Waals surface area contributed by atoms with Crippen LogP contribution in [0.5, 0.6) is 0 Å². The molecule has 0 aliphatic carbocycles. The van der Waals surface area contributed by atoms with Gasteiger partial charge in [0.2, 0.25) is 11.4 Å². The number of hydrogen-bond acceptors (Lipinski definition) is 2. The summed E-state index contributed by atoms with van der Waals surface area (Å²) in [4.78, 5) is 0. The lowest BCUT2D eigenvalue weighted by atomic mass is 9.98. The zero-order chi connectivity index (χ0) is 20.1. The fraction of sp³-hybridized carbons (Fsp3) is 0.115. The summed E-state index contributed by atoms with van der Waals surface area (Å²) < 4.78 is 1.92. The van der Waals surface area contributed by atoms with Crippen molar-refractivity contribution in [3.8, 4) is 33.6 Å². The Morgan fingerprint density at radius 2 is 1.00 bits per heavy atom. The van der Waals surface area contributed by atoms with Gasteiger partial charge in [0.25, 0.3) is 6.23 Å². The molecule has 3 nitrogen and oxygen atoms in total. The fourth-order valence-electron chi connectivity index (χ4n) is 3.63. The van der Waals surface area contributed by atoms with E-state index in [4.69, 9.17) is 0 Å². The van der Waals surface area contributed by atoms with Crippen LogP contribution in [0.15, 0.2) is 103 Å². The number of aliphatic hydroxyl groups excluding tert-OH is 2. The summed E-state index contributed by atoms with van der Waals surface area (Å²) in [6.07, 6.45) is -0.579. The van der Waals surface area contributed by atoms with Gasteiger partial charge in [-0.05, 0) is 35.4 Å². The van der Waals surface area contributed by atoms with E-state index in [1.54, 1.807) is 0 Å². The van der Waals surface area contributed by atoms with Gasteiger partial charge in [0.15, 0.2) is 0 Å². The third kappa shape index (κ3) is 4.11. The highest BCUT2D eigenvalue weighted by molar-refractivity contribution is 5.73. The average Bonchev–Trinajstić information content (AvgIpc) is 2.80. The van der Waals surface area contributed by atoms with Crippen molar-refractivity contribution in [2.24, 2.45) is 0 Å². The standard InChI is InChI=1S/C26H24NO2/c28-17-16-26(29)27-24(21-12-6-2-7-13-21)18-23(20-10-4-1-5-11-20)19-25(27)22-14-8-3-9-15-22/h1-15,18-19,26,28-29H,16-17H2/q+1. The van der Waals surface area contributed by atoms with Crippen LogP contribution >= 0.6 is 0 Å². The molecule has 0 saturated heterocycles. The maximum atomic E-state index is 11.0. The Balaban J connectivity index is 2.03. The first kappa shape index (κ1) is 19.1. The summed E-state index contributed by atoms with van der Waals surface area (Å²) in [6, 6.07) is 34.6. The summed E-state index contributed by atoms with van der Waals surface area (Å²) in [5.74, 6) is 0. The first-order valence-corrected chi connectivity index (χ1v) is 9.82. The minimum atomic E-state index is -0.838. The molecule has 0 fully saturated rings. The number of rotatable bonds is 6. The second-order valence-electron chi connectivity index (χ2n) is 6.98. The molecule has 0 aliphatic rings. The van der Waals surface area contributed by atoms with E-state index in [2.05, 4.69) is 24.3 Å². The maximum absolute atomic E-state index is 11.0. The highest BCUT2D eigenvalue weighted by atomic mass is 16.3. The van der Waals surface area contributed by atoms with Crippen LogP contribution in [0.25, 0.3) is 33.6 Å². The number of hydrogen-bond donors (Lipinski definition) is 2. The Morgan fingerprint density at radius 3 is 1.41 bits per heavy atom. The van der Waals surface area contributed by atoms with Gasteiger partial charge in [-0.3, -0.25) is 0 Å². The summed E-state index contributed by atoms with van der Waals surface area (Å²) in [7, 11) is 0. The topological polar surface area (TPSA) is 44.3 Å². The van der Waals surface area contributed by atoms with Gasteiger partial charge in [-0.2, -0.15) is 4.57 Å². The van der Waals surface area contributed by atoms with Gasteiger partial charge in [0.05, 0.1) is 13.0 Å². The van der Waals surface area contributed by atoms with Crippen LogP contribution in [0.4, 0.5) is 0 Å². The van der Waals surface area contributed by atoms with Crippen molar-refractivity contribution in [1.29, 1.82) is 0 Å². The van der Waals surface area contributed by atoms with E-state index in [0.29, 0.717) is 0 Å². The minimum Gasteiger partial charge on any atom is -0.396 e. The zero-order valence-corrected chi connectivity index (χ0v) is 16.1. The second kappa shape index (κ2) is 8.82. The molecule has 0 amide bonds. The lowest BCUT2D eigenvalue weighted by Gasteiger charge is -2.16. The van der Waals surface area contributed by atoms with Gasteiger partial charge in [-0.25, -0.2) is 0 Å². The highest BCUT2D eigenvalue weighted by Crippen LogP contribution is 2.30. The Kier molecular flexibility index (Phi) is 5.80. The Bertz CT molecular complexity index is 1000. The molecule has 3 heteroatoms. The average molecular weight is 382 g/mol. The molecule has 4 aromatic rings. The molecular weight excluding hydrogens is 358 g/mol. The molecule has 1 aromatic heterocycles. The molecule has 144 valence electrons. The largest absolute Gasteiger partial charge is 0.396 e. The lowest BCUT2D eigenvalue weighted by Crippen LogP contribution is -2.44. The van der Waals surface area contributed by atoms with Gasteiger partial charge in [-0.1, -0.05) is 66.7 Å². The number of benzene rings is 3. The first-order chi connectivity index (χ1) is 14.3. The van der Waals surface area contributed by atoms with Gasteiger partial charge < -0.3 is 10.2 Å². The van der Waals surface area contributed by atoms with Gasteiger partial charge in [-0.15, -0.1) is 0 Å². The Labute approximate surface area is 171 Å². The van der Waals surface area contributed by atoms with Crippen molar-refractivity contribution in [2.75, 3.05) is 6.61 Å². The summed E-state index contributed by atoms with van der Waals surface area (Å²) in [5, 5.41) is 20.4. The maximum Gasteiger partial charge on any atom is 0.263 e. The van der Waals surface area contributed by atoms with Crippen LogP contribution in [0.3, 0.4) is 0 Å². The minimum absolute atomic E-state index is 0.0862. The highest BCUT2D eigenvalue weighted by Gasteiger charge is 2.28. The molecule has 0 spiro atoms. The van der Waals surface area contributed by atoms with Gasteiger partial charge in [0, 0.05) is 23.3 Å². The molecule has 2 N–H and O–H groups in total. The van der Waals surface area contributed by atoms with E-state index >= 15 is 0 Å². The molecular formula is C26H24NO2+. The molecule has 3 aromatic carbocycles. The van der Waals surface area contributed by atoms with E-state index in [1.165, 1.54) is 0 Å². The van der Waals surface area contributed by atoms with Gasteiger partial charge in [0.1, 0.15) is 0 Å². The second-order valence-corrected chi connectivity index (χ2v) is 6.98. The Morgan fingerprint density at radius 1 is 0.586 bits per heavy atom. The van der Waals surface area contributed by atoms with Crippen LogP contribution in [0.2, 0.25) is 0 Å². The molecule has 1 atom stereocenters.